The number of nitrogens with one attached hydrogen (secondary N) is 1. The van der Waals surface area contributed by atoms with Crippen molar-refractivity contribution in [2.45, 2.75) is 33.8 Å². The highest BCUT2D eigenvalue weighted by Gasteiger charge is 2.17. The van der Waals surface area contributed by atoms with Gasteiger partial charge in [0.25, 0.3) is 5.91 Å². The summed E-state index contributed by atoms with van der Waals surface area (Å²) in [6.07, 6.45) is -0.662. The summed E-state index contributed by atoms with van der Waals surface area (Å²) in [5, 5.41) is 6.70. The Labute approximate surface area is 153 Å². The molecule has 1 N–H and O–H groups in total. The minimum Gasteiger partial charge on any atom is -0.481 e. The number of nitrogens with zero attached hydrogens (tertiary/aromatic N) is 1. The molecule has 0 spiro atoms. The van der Waals surface area contributed by atoms with Gasteiger partial charge in [-0.2, -0.15) is 0 Å². The van der Waals surface area contributed by atoms with Gasteiger partial charge in [-0.1, -0.05) is 41.1 Å². The van der Waals surface area contributed by atoms with Crippen molar-refractivity contribution in [3.8, 4) is 17.0 Å². The van der Waals surface area contributed by atoms with Crippen molar-refractivity contribution in [1.82, 2.24) is 5.16 Å². The fourth-order valence-corrected chi connectivity index (χ4v) is 2.46. The Morgan fingerprint density at radius 2 is 1.77 bits per heavy atom. The number of hydrogen-bond acceptors (Lipinski definition) is 4. The molecule has 5 nitrogen and oxygen atoms in total. The largest absolute Gasteiger partial charge is 0.481 e. The lowest BCUT2D eigenvalue weighted by atomic mass is 10.1. The number of aromatic nitrogens is 1. The van der Waals surface area contributed by atoms with Gasteiger partial charge >= 0.3 is 0 Å². The second-order valence-corrected chi connectivity index (χ2v) is 6.44. The van der Waals surface area contributed by atoms with E-state index in [-0.39, 0.29) is 5.91 Å². The van der Waals surface area contributed by atoms with E-state index in [0.29, 0.717) is 17.3 Å². The first-order valence-electron chi connectivity index (χ1n) is 8.51. The molecule has 1 aromatic heterocycles. The van der Waals surface area contributed by atoms with Crippen LogP contribution in [0.1, 0.15) is 23.6 Å². The molecule has 3 rings (SSSR count). The third kappa shape index (κ3) is 4.11. The second-order valence-electron chi connectivity index (χ2n) is 6.44. The summed E-state index contributed by atoms with van der Waals surface area (Å²) in [7, 11) is 0. The zero-order valence-electron chi connectivity index (χ0n) is 15.4. The number of carbonyl (C=O) groups is 1. The minimum atomic E-state index is -0.662. The van der Waals surface area contributed by atoms with Gasteiger partial charge in [-0.25, -0.2) is 0 Å². The average Bonchev–Trinajstić information content (AvgIpc) is 3.07. The Kier molecular flexibility index (Phi) is 5.07. The molecule has 5 heteroatoms. The molecular formula is C21H22N2O3. The van der Waals surface area contributed by atoms with Gasteiger partial charge in [-0.05, 0) is 51.0 Å². The first-order valence-corrected chi connectivity index (χ1v) is 8.51. The van der Waals surface area contributed by atoms with E-state index in [0.717, 1.165) is 11.1 Å². The molecular weight excluding hydrogens is 328 g/mol. The van der Waals surface area contributed by atoms with Crippen LogP contribution in [-0.4, -0.2) is 17.2 Å². The molecule has 0 saturated heterocycles. The Balaban J connectivity index is 1.64. The van der Waals surface area contributed by atoms with E-state index in [9.17, 15) is 4.79 Å². The Morgan fingerprint density at radius 3 is 2.46 bits per heavy atom. The van der Waals surface area contributed by atoms with Crippen LogP contribution in [0, 0.1) is 20.8 Å². The second kappa shape index (κ2) is 7.44. The molecule has 2 aromatic carbocycles. The molecule has 0 saturated carbocycles. The van der Waals surface area contributed by atoms with Gasteiger partial charge in [0.05, 0.1) is 0 Å². The quantitative estimate of drug-likeness (QED) is 0.726. The number of ether oxygens (including phenoxy) is 1. The van der Waals surface area contributed by atoms with Crippen molar-refractivity contribution in [3.05, 3.63) is 65.2 Å². The van der Waals surface area contributed by atoms with Gasteiger partial charge in [0.15, 0.2) is 6.10 Å². The van der Waals surface area contributed by atoms with E-state index in [2.05, 4.69) is 10.5 Å². The molecule has 0 aliphatic heterocycles. The summed E-state index contributed by atoms with van der Waals surface area (Å²) >= 11 is 0. The number of rotatable bonds is 5. The average molecular weight is 350 g/mol. The Morgan fingerprint density at radius 1 is 1.04 bits per heavy atom. The zero-order valence-corrected chi connectivity index (χ0v) is 15.4. The van der Waals surface area contributed by atoms with Gasteiger partial charge in [0.2, 0.25) is 5.88 Å². The molecule has 0 aliphatic rings. The maximum absolute atomic E-state index is 12.3. The fourth-order valence-electron chi connectivity index (χ4n) is 2.46. The van der Waals surface area contributed by atoms with Crippen LogP contribution in [0.15, 0.2) is 53.1 Å². The maximum Gasteiger partial charge on any atom is 0.267 e. The monoisotopic (exact) mass is 350 g/mol. The van der Waals surface area contributed by atoms with Gasteiger partial charge in [-0.15, -0.1) is 0 Å². The number of benzene rings is 2. The lowest BCUT2D eigenvalue weighted by Crippen LogP contribution is -2.30. The minimum absolute atomic E-state index is 0.293. The molecule has 3 aromatic rings. The molecule has 0 fully saturated rings. The summed E-state index contributed by atoms with van der Waals surface area (Å²) in [5.74, 6) is 0.657. The van der Waals surface area contributed by atoms with Crippen molar-refractivity contribution in [2.24, 2.45) is 0 Å². The van der Waals surface area contributed by atoms with E-state index in [1.165, 1.54) is 11.1 Å². The molecule has 1 atom stereocenters. The number of aryl methyl sites for hydroxylation is 3. The lowest BCUT2D eigenvalue weighted by molar-refractivity contribution is -0.122. The molecule has 134 valence electrons. The molecule has 0 bridgehead atoms. The zero-order chi connectivity index (χ0) is 18.7. The van der Waals surface area contributed by atoms with Crippen LogP contribution in [0.4, 0.5) is 5.88 Å². The number of hydrogen-bond donors (Lipinski definition) is 1. The van der Waals surface area contributed by atoms with Gasteiger partial charge < -0.3 is 9.26 Å². The highest BCUT2D eigenvalue weighted by Crippen LogP contribution is 2.23. The van der Waals surface area contributed by atoms with Crippen LogP contribution in [-0.2, 0) is 4.79 Å². The summed E-state index contributed by atoms with van der Waals surface area (Å²) in [4.78, 5) is 12.3. The van der Waals surface area contributed by atoms with E-state index >= 15 is 0 Å². The summed E-state index contributed by atoms with van der Waals surface area (Å²) in [6.45, 7) is 7.76. The highest BCUT2D eigenvalue weighted by atomic mass is 16.5. The van der Waals surface area contributed by atoms with Crippen molar-refractivity contribution < 1.29 is 14.1 Å². The van der Waals surface area contributed by atoms with Crippen LogP contribution in [0.2, 0.25) is 0 Å². The maximum atomic E-state index is 12.3. The molecule has 0 radical (unpaired) electrons. The summed E-state index contributed by atoms with van der Waals surface area (Å²) in [5.41, 5.74) is 5.07. The molecule has 26 heavy (non-hydrogen) atoms. The third-order valence-electron chi connectivity index (χ3n) is 4.26. The first kappa shape index (κ1) is 17.7. The first-order chi connectivity index (χ1) is 12.4. The van der Waals surface area contributed by atoms with E-state index in [4.69, 9.17) is 9.26 Å². The van der Waals surface area contributed by atoms with E-state index < -0.39 is 6.10 Å². The summed E-state index contributed by atoms with van der Waals surface area (Å²) < 4.78 is 10.9. The van der Waals surface area contributed by atoms with Crippen molar-refractivity contribution in [1.29, 1.82) is 0 Å². The Bertz CT molecular complexity index is 913. The van der Waals surface area contributed by atoms with Crippen LogP contribution >= 0.6 is 0 Å². The fraction of sp³-hybridized carbons (Fsp3) is 0.238. The van der Waals surface area contributed by atoms with Crippen LogP contribution < -0.4 is 10.1 Å². The van der Waals surface area contributed by atoms with Crippen molar-refractivity contribution in [2.75, 3.05) is 5.32 Å². The van der Waals surface area contributed by atoms with Crippen molar-refractivity contribution >= 4 is 11.8 Å². The molecule has 1 heterocycles. The molecule has 0 unspecified atom stereocenters. The van der Waals surface area contributed by atoms with Gasteiger partial charge in [0.1, 0.15) is 11.4 Å². The van der Waals surface area contributed by atoms with Crippen LogP contribution in [0.5, 0.6) is 5.75 Å². The van der Waals surface area contributed by atoms with Gasteiger partial charge in [-0.3, -0.25) is 10.1 Å². The number of carbonyl (C=O) groups excluding carboxylic acids is 1. The van der Waals surface area contributed by atoms with Crippen molar-refractivity contribution in [3.63, 3.8) is 0 Å². The number of anilines is 1. The molecule has 1 amide bonds. The summed E-state index contributed by atoms with van der Waals surface area (Å²) in [6, 6.07) is 15.4. The van der Waals surface area contributed by atoms with E-state index in [1.807, 2.05) is 63.2 Å². The van der Waals surface area contributed by atoms with Crippen LogP contribution in [0.3, 0.4) is 0 Å². The van der Waals surface area contributed by atoms with E-state index in [1.54, 1.807) is 13.0 Å². The van der Waals surface area contributed by atoms with Crippen LogP contribution in [0.25, 0.3) is 11.3 Å². The highest BCUT2D eigenvalue weighted by molar-refractivity contribution is 5.93. The normalized spacial score (nSPS) is 11.8. The Hall–Kier alpha value is -3.08. The third-order valence-corrected chi connectivity index (χ3v) is 4.26. The smallest absolute Gasteiger partial charge is 0.267 e. The topological polar surface area (TPSA) is 64.4 Å². The standard InChI is InChI=1S/C21H22N2O3/c1-13-5-8-17(9-6-13)19-12-20(26-23-19)22-21(24)16(4)25-18-10-7-14(2)15(3)11-18/h5-12,16H,1-4H3,(H,22,24)/t16-/m1/s1. The van der Waals surface area contributed by atoms with Gasteiger partial charge in [0, 0.05) is 11.6 Å². The lowest BCUT2D eigenvalue weighted by Gasteiger charge is -2.14. The predicted octanol–water partition coefficient (Wildman–Crippen LogP) is 4.67. The molecule has 0 aliphatic carbocycles. The SMILES string of the molecule is Cc1ccc(-c2cc(NC(=O)[C@@H](C)Oc3ccc(C)c(C)c3)on2)cc1. The predicted molar refractivity (Wildman–Crippen MR) is 101 cm³/mol. The number of amides is 1.